The van der Waals surface area contributed by atoms with E-state index in [4.69, 9.17) is 14.7 Å². The smallest absolute Gasteiger partial charge is 0.156 e. The van der Waals surface area contributed by atoms with Gasteiger partial charge in [0.25, 0.3) is 0 Å². The molecule has 2 heterocycles. The molecule has 0 bridgehead atoms. The predicted molar refractivity (Wildman–Crippen MR) is 160 cm³/mol. The second kappa shape index (κ2) is 11.7. The Kier molecular flexibility index (Phi) is 7.33. The van der Waals surface area contributed by atoms with Crippen LogP contribution in [0.25, 0.3) is 22.4 Å². The molecule has 7 heteroatoms. The van der Waals surface area contributed by atoms with Crippen LogP contribution >= 0.6 is 11.9 Å². The molecule has 1 aromatic heterocycles. The molecule has 4 aromatic carbocycles. The number of ether oxygens (including phenoxy) is 2. The number of aromatic nitrogens is 1. The van der Waals surface area contributed by atoms with Crippen LogP contribution in [0.5, 0.6) is 23.0 Å². The first-order valence-electron chi connectivity index (χ1n) is 12.7. The number of nitrogens with zero attached hydrogens (tertiary/aromatic N) is 4. The molecule has 194 valence electrons. The van der Waals surface area contributed by atoms with Crippen LogP contribution in [0.4, 0.5) is 5.69 Å². The number of anilines is 1. The molecule has 6 rings (SSSR count). The summed E-state index contributed by atoms with van der Waals surface area (Å²) in [4.78, 5) is 6.69. The van der Waals surface area contributed by atoms with Crippen molar-refractivity contribution in [2.24, 2.45) is 0 Å². The van der Waals surface area contributed by atoms with Crippen molar-refractivity contribution in [2.45, 2.75) is 0 Å². The quantitative estimate of drug-likeness (QED) is 0.144. The Balaban J connectivity index is 1.19. The van der Waals surface area contributed by atoms with Crippen LogP contribution in [0.2, 0.25) is 0 Å². The fourth-order valence-electron chi connectivity index (χ4n) is 4.39. The van der Waals surface area contributed by atoms with E-state index < -0.39 is 0 Å². The van der Waals surface area contributed by atoms with Crippen molar-refractivity contribution in [3.05, 3.63) is 134 Å². The lowest BCUT2D eigenvalue weighted by Crippen LogP contribution is -2.19. The second-order valence-corrected chi connectivity index (χ2v) is 9.84. The Bertz CT molecular complexity index is 1700. The molecule has 1 aliphatic heterocycles. The van der Waals surface area contributed by atoms with Gasteiger partial charge in [-0.2, -0.15) is 5.26 Å². The molecule has 0 radical (unpaired) electrons. The van der Waals surface area contributed by atoms with Gasteiger partial charge in [0.2, 0.25) is 0 Å². The van der Waals surface area contributed by atoms with Crippen LogP contribution in [0.15, 0.2) is 134 Å². The van der Waals surface area contributed by atoms with Crippen molar-refractivity contribution in [1.29, 1.82) is 5.26 Å². The van der Waals surface area contributed by atoms with E-state index >= 15 is 0 Å². The summed E-state index contributed by atoms with van der Waals surface area (Å²) in [7, 11) is 0. The molecule has 6 nitrogen and oxygen atoms in total. The van der Waals surface area contributed by atoms with Crippen molar-refractivity contribution >= 4 is 17.6 Å². The van der Waals surface area contributed by atoms with Crippen LogP contribution in [-0.4, -0.2) is 16.0 Å². The monoisotopic (exact) mass is 540 g/mol. The second-order valence-electron chi connectivity index (χ2n) is 9.01. The van der Waals surface area contributed by atoms with E-state index in [-0.39, 0.29) is 0 Å². The molecule has 0 saturated carbocycles. The van der Waals surface area contributed by atoms with Gasteiger partial charge in [0.05, 0.1) is 17.6 Å². The van der Waals surface area contributed by atoms with E-state index in [0.29, 0.717) is 6.67 Å². The third-order valence-electron chi connectivity index (χ3n) is 6.28. The average molecular weight is 541 g/mol. The lowest BCUT2D eigenvalue weighted by molar-refractivity contribution is 0.482. The standard InChI is InChI=1S/C33H24N4O2S/c34-23-40-37-18-17-36(24-37)28-9-6-14-32(22-28)39-31-13-5-8-27(20-31)33-21-26(15-16-35-33)25-7-4-12-30(19-25)38-29-10-2-1-3-11-29/h1-22H,24H2. The van der Waals surface area contributed by atoms with Crippen molar-refractivity contribution in [3.63, 3.8) is 0 Å². The number of hydrogen-bond acceptors (Lipinski definition) is 7. The summed E-state index contributed by atoms with van der Waals surface area (Å²) in [5.41, 5.74) is 4.88. The Hall–Kier alpha value is -5.19. The van der Waals surface area contributed by atoms with Crippen molar-refractivity contribution in [3.8, 4) is 50.8 Å². The maximum Gasteiger partial charge on any atom is 0.156 e. The van der Waals surface area contributed by atoms with Gasteiger partial charge in [0.15, 0.2) is 5.40 Å². The number of para-hydroxylation sites is 1. The van der Waals surface area contributed by atoms with Gasteiger partial charge in [-0.25, -0.2) is 0 Å². The van der Waals surface area contributed by atoms with Gasteiger partial charge in [-0.05, 0) is 71.8 Å². The highest BCUT2D eigenvalue weighted by Gasteiger charge is 2.15. The molecular formula is C33H24N4O2S. The number of benzene rings is 4. The van der Waals surface area contributed by atoms with Crippen LogP contribution in [0.1, 0.15) is 0 Å². The van der Waals surface area contributed by atoms with Crippen LogP contribution < -0.4 is 14.4 Å². The Morgan fingerprint density at radius 1 is 0.650 bits per heavy atom. The molecule has 0 N–H and O–H groups in total. The third kappa shape index (κ3) is 5.93. The first-order chi connectivity index (χ1) is 19.7. The summed E-state index contributed by atoms with van der Waals surface area (Å²) in [5, 5.41) is 11.0. The zero-order valence-electron chi connectivity index (χ0n) is 21.4. The summed E-state index contributed by atoms with van der Waals surface area (Å²) in [6.07, 6.45) is 5.66. The van der Waals surface area contributed by atoms with E-state index in [1.54, 1.807) is 0 Å². The largest absolute Gasteiger partial charge is 0.457 e. The molecule has 0 amide bonds. The number of rotatable bonds is 8. The minimum Gasteiger partial charge on any atom is -0.457 e. The minimum atomic E-state index is 0.598. The summed E-state index contributed by atoms with van der Waals surface area (Å²) < 4.78 is 14.1. The molecule has 5 aromatic rings. The first-order valence-corrected chi connectivity index (χ1v) is 13.5. The summed E-state index contributed by atoms with van der Waals surface area (Å²) in [6.45, 7) is 0.598. The van der Waals surface area contributed by atoms with E-state index in [1.165, 1.54) is 0 Å². The molecule has 0 atom stereocenters. The molecule has 0 unspecified atom stereocenters. The highest BCUT2D eigenvalue weighted by atomic mass is 32.2. The molecular weight excluding hydrogens is 516 g/mol. The van der Waals surface area contributed by atoms with E-state index in [2.05, 4.69) is 27.4 Å². The lowest BCUT2D eigenvalue weighted by Gasteiger charge is -2.19. The van der Waals surface area contributed by atoms with Crippen molar-refractivity contribution in [2.75, 3.05) is 11.6 Å². The predicted octanol–water partition coefficient (Wildman–Crippen LogP) is 8.68. The Labute approximate surface area is 237 Å². The zero-order valence-corrected chi connectivity index (χ0v) is 22.2. The SMILES string of the molecule is N#CSN1C=CN(c2cccc(Oc3cccc(-c4cc(-c5cccc(Oc6ccccc6)c5)ccn4)c3)c2)C1. The lowest BCUT2D eigenvalue weighted by atomic mass is 10.0. The number of hydrogen-bond donors (Lipinski definition) is 0. The maximum absolute atomic E-state index is 8.92. The summed E-state index contributed by atoms with van der Waals surface area (Å²) in [5.74, 6) is 3.03. The Morgan fingerprint density at radius 2 is 1.30 bits per heavy atom. The van der Waals surface area contributed by atoms with Crippen molar-refractivity contribution in [1.82, 2.24) is 9.29 Å². The summed E-state index contributed by atoms with van der Waals surface area (Å²) in [6, 6.07) is 37.7. The molecule has 1 aliphatic rings. The Morgan fingerprint density at radius 3 is 2.10 bits per heavy atom. The third-order valence-corrected chi connectivity index (χ3v) is 6.84. The zero-order chi connectivity index (χ0) is 27.1. The van der Waals surface area contributed by atoms with Crippen molar-refractivity contribution < 1.29 is 9.47 Å². The number of pyridine rings is 1. The number of thiocyanates is 1. The van der Waals surface area contributed by atoms with Crippen LogP contribution in [0, 0.1) is 10.7 Å². The van der Waals surface area contributed by atoms with E-state index in [9.17, 15) is 0 Å². The van der Waals surface area contributed by atoms with Gasteiger partial charge >= 0.3 is 0 Å². The molecule has 40 heavy (non-hydrogen) atoms. The van der Waals surface area contributed by atoms with E-state index in [0.717, 1.165) is 63.0 Å². The van der Waals surface area contributed by atoms with Gasteiger partial charge in [-0.1, -0.05) is 48.5 Å². The molecule has 0 saturated heterocycles. The van der Waals surface area contributed by atoms with Gasteiger partial charge < -0.3 is 14.4 Å². The number of nitriles is 1. The van der Waals surface area contributed by atoms with Gasteiger partial charge in [0, 0.05) is 35.9 Å². The fraction of sp³-hybridized carbons (Fsp3) is 0.0303. The highest BCUT2D eigenvalue weighted by molar-refractivity contribution is 8.01. The molecule has 0 aliphatic carbocycles. The first kappa shape index (κ1) is 25.1. The van der Waals surface area contributed by atoms with E-state index in [1.807, 2.05) is 126 Å². The van der Waals surface area contributed by atoms with Crippen LogP contribution in [0.3, 0.4) is 0 Å². The molecule has 0 fully saturated rings. The maximum atomic E-state index is 8.92. The topological polar surface area (TPSA) is 61.6 Å². The van der Waals surface area contributed by atoms with Gasteiger partial charge in [-0.3, -0.25) is 9.29 Å². The minimum absolute atomic E-state index is 0.598. The highest BCUT2D eigenvalue weighted by Crippen LogP contribution is 2.33. The fourth-order valence-corrected chi connectivity index (χ4v) is 4.79. The normalized spacial score (nSPS) is 12.3. The average Bonchev–Trinajstić information content (AvgIpc) is 3.47. The van der Waals surface area contributed by atoms with Gasteiger partial charge in [-0.15, -0.1) is 0 Å². The summed E-state index contributed by atoms with van der Waals surface area (Å²) >= 11 is 1.11. The molecule has 0 spiro atoms. The van der Waals surface area contributed by atoms with Gasteiger partial charge in [0.1, 0.15) is 29.7 Å². The van der Waals surface area contributed by atoms with Crippen LogP contribution in [-0.2, 0) is 0 Å².